The maximum absolute atomic E-state index is 13.2. The molecular formula is C24H22ClN3O2. The summed E-state index contributed by atoms with van der Waals surface area (Å²) in [5.74, 6) is -0.271. The number of aromatic hydroxyl groups is 1. The maximum Gasteiger partial charge on any atom is 0.257 e. The lowest BCUT2D eigenvalue weighted by Gasteiger charge is -2.21. The predicted octanol–water partition coefficient (Wildman–Crippen LogP) is 5.18. The van der Waals surface area contributed by atoms with E-state index in [1.54, 1.807) is 17.0 Å². The molecule has 0 radical (unpaired) electrons. The summed E-state index contributed by atoms with van der Waals surface area (Å²) in [6.45, 7) is 2.94. The van der Waals surface area contributed by atoms with E-state index in [0.717, 1.165) is 22.2 Å². The molecule has 152 valence electrons. The van der Waals surface area contributed by atoms with Crippen molar-refractivity contribution >= 4 is 28.4 Å². The number of fused-ring (bicyclic) bond motifs is 1. The van der Waals surface area contributed by atoms with E-state index in [4.69, 9.17) is 11.6 Å². The lowest BCUT2D eigenvalue weighted by molar-refractivity contribution is 0.0749. The van der Waals surface area contributed by atoms with Crippen molar-refractivity contribution in [2.24, 2.45) is 0 Å². The minimum absolute atomic E-state index is 0.0584. The van der Waals surface area contributed by atoms with Gasteiger partial charge >= 0.3 is 0 Å². The molecule has 0 fully saturated rings. The number of rotatable bonds is 6. The molecule has 2 N–H and O–H groups in total. The van der Waals surface area contributed by atoms with Crippen LogP contribution in [0.3, 0.4) is 0 Å². The third-order valence-electron chi connectivity index (χ3n) is 5.13. The number of amides is 1. The summed E-state index contributed by atoms with van der Waals surface area (Å²) >= 11 is 6.10. The highest BCUT2D eigenvalue weighted by atomic mass is 35.5. The van der Waals surface area contributed by atoms with Gasteiger partial charge in [-0.2, -0.15) is 5.10 Å². The molecule has 0 aliphatic carbocycles. The fourth-order valence-electron chi connectivity index (χ4n) is 3.56. The Morgan fingerprint density at radius 2 is 1.83 bits per heavy atom. The summed E-state index contributed by atoms with van der Waals surface area (Å²) in [6, 6.07) is 20.7. The van der Waals surface area contributed by atoms with Crippen LogP contribution in [0, 0.1) is 0 Å². The number of aromatic amines is 1. The van der Waals surface area contributed by atoms with Crippen LogP contribution in [-0.4, -0.2) is 32.7 Å². The van der Waals surface area contributed by atoms with Gasteiger partial charge in [-0.15, -0.1) is 0 Å². The van der Waals surface area contributed by atoms with Gasteiger partial charge in [0.25, 0.3) is 5.91 Å². The smallest absolute Gasteiger partial charge is 0.257 e. The number of hydrogen-bond acceptors (Lipinski definition) is 3. The van der Waals surface area contributed by atoms with E-state index in [-0.39, 0.29) is 17.2 Å². The summed E-state index contributed by atoms with van der Waals surface area (Å²) in [6.07, 6.45) is 0.570. The fraction of sp³-hybridized carbons (Fsp3) is 0.167. The van der Waals surface area contributed by atoms with Crippen molar-refractivity contribution in [3.05, 3.63) is 94.1 Å². The summed E-state index contributed by atoms with van der Waals surface area (Å²) in [7, 11) is 0. The topological polar surface area (TPSA) is 69.2 Å². The summed E-state index contributed by atoms with van der Waals surface area (Å²) < 4.78 is 0. The van der Waals surface area contributed by atoms with E-state index in [9.17, 15) is 9.90 Å². The molecule has 0 atom stereocenters. The zero-order valence-electron chi connectivity index (χ0n) is 16.6. The number of aromatic nitrogens is 2. The number of benzene rings is 3. The van der Waals surface area contributed by atoms with Gasteiger partial charge in [0.1, 0.15) is 5.75 Å². The van der Waals surface area contributed by atoms with Crippen LogP contribution < -0.4 is 0 Å². The highest BCUT2D eigenvalue weighted by Gasteiger charge is 2.20. The highest BCUT2D eigenvalue weighted by Crippen LogP contribution is 2.28. The average molecular weight is 420 g/mol. The zero-order valence-corrected chi connectivity index (χ0v) is 17.4. The monoisotopic (exact) mass is 419 g/mol. The van der Waals surface area contributed by atoms with Crippen molar-refractivity contribution in [2.75, 3.05) is 6.54 Å². The Hall–Kier alpha value is -3.31. The van der Waals surface area contributed by atoms with E-state index in [0.29, 0.717) is 30.0 Å². The van der Waals surface area contributed by atoms with Crippen molar-refractivity contribution in [3.63, 3.8) is 0 Å². The highest BCUT2D eigenvalue weighted by molar-refractivity contribution is 6.30. The first kappa shape index (κ1) is 20.0. The first-order valence-electron chi connectivity index (χ1n) is 9.82. The number of phenols is 1. The molecule has 0 aliphatic rings. The van der Waals surface area contributed by atoms with Gasteiger partial charge in [-0.1, -0.05) is 54.1 Å². The molecule has 0 spiro atoms. The SMILES string of the molecule is CCN(Cc1ccccc1)C(=O)c1cc2c(Cc3cccc(Cl)c3)n[nH]c2cc1O. The van der Waals surface area contributed by atoms with Crippen LogP contribution in [0.1, 0.15) is 34.1 Å². The molecule has 0 aliphatic heterocycles. The minimum atomic E-state index is -0.212. The molecular weight excluding hydrogens is 398 g/mol. The third kappa shape index (κ3) is 4.16. The van der Waals surface area contributed by atoms with Crippen molar-refractivity contribution in [1.29, 1.82) is 0 Å². The van der Waals surface area contributed by atoms with E-state index >= 15 is 0 Å². The number of hydrogen-bond donors (Lipinski definition) is 2. The molecule has 4 rings (SSSR count). The summed E-state index contributed by atoms with van der Waals surface area (Å²) in [5.41, 5.74) is 3.82. The zero-order chi connectivity index (χ0) is 21.1. The van der Waals surface area contributed by atoms with Crippen molar-refractivity contribution < 1.29 is 9.90 Å². The molecule has 3 aromatic carbocycles. The second-order valence-corrected chi connectivity index (χ2v) is 7.63. The molecule has 0 unspecified atom stereocenters. The van der Waals surface area contributed by atoms with Crippen LogP contribution in [0.15, 0.2) is 66.7 Å². The van der Waals surface area contributed by atoms with Crippen molar-refractivity contribution in [1.82, 2.24) is 15.1 Å². The molecule has 0 saturated carbocycles. The van der Waals surface area contributed by atoms with Crippen LogP contribution in [0.4, 0.5) is 0 Å². The lowest BCUT2D eigenvalue weighted by atomic mass is 10.0. The number of halogens is 1. The van der Waals surface area contributed by atoms with Gasteiger partial charge in [0.15, 0.2) is 0 Å². The molecule has 4 aromatic rings. The van der Waals surface area contributed by atoms with E-state index in [2.05, 4.69) is 10.2 Å². The summed E-state index contributed by atoms with van der Waals surface area (Å²) in [5, 5.41) is 19.3. The quantitative estimate of drug-likeness (QED) is 0.452. The average Bonchev–Trinajstić information content (AvgIpc) is 3.13. The van der Waals surface area contributed by atoms with Gasteiger partial charge in [0.05, 0.1) is 16.8 Å². The molecule has 1 heterocycles. The number of carbonyl (C=O) groups excluding carboxylic acids is 1. The van der Waals surface area contributed by atoms with Crippen LogP contribution in [-0.2, 0) is 13.0 Å². The van der Waals surface area contributed by atoms with Gasteiger partial charge < -0.3 is 10.0 Å². The molecule has 5 nitrogen and oxygen atoms in total. The number of nitrogens with one attached hydrogen (secondary N) is 1. The van der Waals surface area contributed by atoms with Gasteiger partial charge in [0.2, 0.25) is 0 Å². The van der Waals surface area contributed by atoms with E-state index in [1.807, 2.05) is 61.5 Å². The van der Waals surface area contributed by atoms with Gasteiger partial charge in [-0.25, -0.2) is 0 Å². The molecule has 30 heavy (non-hydrogen) atoms. The molecule has 0 bridgehead atoms. The summed E-state index contributed by atoms with van der Waals surface area (Å²) in [4.78, 5) is 14.9. The van der Waals surface area contributed by atoms with Crippen molar-refractivity contribution in [3.8, 4) is 5.75 Å². The second-order valence-electron chi connectivity index (χ2n) is 7.20. The molecule has 1 aromatic heterocycles. The lowest BCUT2D eigenvalue weighted by Crippen LogP contribution is -2.30. The first-order chi connectivity index (χ1) is 14.5. The Balaban J connectivity index is 1.66. The maximum atomic E-state index is 13.2. The third-order valence-corrected chi connectivity index (χ3v) is 5.37. The van der Waals surface area contributed by atoms with Gasteiger partial charge in [0, 0.05) is 36.0 Å². The number of carbonyl (C=O) groups is 1. The van der Waals surface area contributed by atoms with Crippen LogP contribution in [0.2, 0.25) is 5.02 Å². The first-order valence-corrected chi connectivity index (χ1v) is 10.2. The number of phenolic OH excluding ortho intramolecular Hbond substituents is 1. The van der Waals surface area contributed by atoms with Crippen LogP contribution in [0.5, 0.6) is 5.75 Å². The van der Waals surface area contributed by atoms with E-state index in [1.165, 1.54) is 0 Å². The Morgan fingerprint density at radius 3 is 2.57 bits per heavy atom. The Bertz CT molecular complexity index is 1190. The van der Waals surface area contributed by atoms with Crippen molar-refractivity contribution in [2.45, 2.75) is 19.9 Å². The van der Waals surface area contributed by atoms with Crippen LogP contribution in [0.25, 0.3) is 10.9 Å². The number of nitrogens with zero attached hydrogens (tertiary/aromatic N) is 2. The van der Waals surface area contributed by atoms with E-state index < -0.39 is 0 Å². The van der Waals surface area contributed by atoms with Gasteiger partial charge in [-0.05, 0) is 36.2 Å². The fourth-order valence-corrected chi connectivity index (χ4v) is 3.77. The normalized spacial score (nSPS) is 11.0. The van der Waals surface area contributed by atoms with Crippen LogP contribution >= 0.6 is 11.6 Å². The standard InChI is InChI=1S/C24H22ClN3O2/c1-2-28(15-16-7-4-3-5-8-16)24(30)20-13-19-21(26-27-22(19)14-23(20)29)12-17-9-6-10-18(25)11-17/h3-11,13-14,29H,2,12,15H2,1H3,(H,26,27). The Kier molecular flexibility index (Phi) is 5.72. The molecule has 6 heteroatoms. The Labute approximate surface area is 179 Å². The second kappa shape index (κ2) is 8.59. The molecule has 1 amide bonds. The molecule has 0 saturated heterocycles. The van der Waals surface area contributed by atoms with Gasteiger partial charge in [-0.3, -0.25) is 9.89 Å². The largest absolute Gasteiger partial charge is 0.507 e. The predicted molar refractivity (Wildman–Crippen MR) is 119 cm³/mol. The minimum Gasteiger partial charge on any atom is -0.507 e. The number of H-pyrrole nitrogens is 1. The Morgan fingerprint density at radius 1 is 1.07 bits per heavy atom.